The number of rotatable bonds is 4. The Morgan fingerprint density at radius 1 is 1.50 bits per heavy atom. The molecule has 0 saturated carbocycles. The molecule has 6 heteroatoms. The molecular formula is C10H14N4O2. The van der Waals surface area contributed by atoms with E-state index in [9.17, 15) is 4.79 Å². The number of nitrogens with two attached hydrogens (primary N) is 1. The summed E-state index contributed by atoms with van der Waals surface area (Å²) >= 11 is 0. The summed E-state index contributed by atoms with van der Waals surface area (Å²) in [7, 11) is 1.69. The van der Waals surface area contributed by atoms with Gasteiger partial charge in [-0.15, -0.1) is 0 Å². The van der Waals surface area contributed by atoms with Gasteiger partial charge in [-0.3, -0.25) is 15.7 Å². The van der Waals surface area contributed by atoms with Crippen molar-refractivity contribution in [1.29, 1.82) is 0 Å². The summed E-state index contributed by atoms with van der Waals surface area (Å²) in [6.07, 6.45) is 0. The highest BCUT2D eigenvalue weighted by atomic mass is 16.4. The van der Waals surface area contributed by atoms with E-state index >= 15 is 0 Å². The van der Waals surface area contributed by atoms with Crippen LogP contribution in [0.5, 0.6) is 0 Å². The van der Waals surface area contributed by atoms with E-state index in [0.717, 1.165) is 11.1 Å². The third-order valence-corrected chi connectivity index (χ3v) is 2.41. The van der Waals surface area contributed by atoms with Crippen molar-refractivity contribution in [2.45, 2.75) is 6.54 Å². The Kier molecular flexibility index (Phi) is 3.04. The molecular weight excluding hydrogens is 208 g/mol. The highest BCUT2D eigenvalue weighted by Crippen LogP contribution is 2.13. The molecule has 0 spiro atoms. The first-order valence-electron chi connectivity index (χ1n) is 4.95. The second-order valence-corrected chi connectivity index (χ2v) is 3.54. The standard InChI is InChI=1S/C10H14N4O2/c1-14-8-4-7(5-12-6-13-11)2-3-9(8)16-10(14)15/h2-4,12-13H,5-6,11H2,1H3. The van der Waals surface area contributed by atoms with E-state index in [1.54, 1.807) is 13.1 Å². The van der Waals surface area contributed by atoms with Gasteiger partial charge in [-0.25, -0.2) is 10.2 Å². The van der Waals surface area contributed by atoms with E-state index in [0.29, 0.717) is 18.8 Å². The Morgan fingerprint density at radius 3 is 3.06 bits per heavy atom. The van der Waals surface area contributed by atoms with Gasteiger partial charge in [0.1, 0.15) is 0 Å². The number of oxazole rings is 1. The van der Waals surface area contributed by atoms with Crippen molar-refractivity contribution in [3.05, 3.63) is 34.3 Å². The van der Waals surface area contributed by atoms with Crippen LogP contribution in [-0.4, -0.2) is 11.2 Å². The second-order valence-electron chi connectivity index (χ2n) is 3.54. The number of hydrazine groups is 1. The fraction of sp³-hybridized carbons (Fsp3) is 0.300. The number of aryl methyl sites for hydroxylation is 1. The number of nitrogens with one attached hydrogen (secondary N) is 2. The molecule has 0 atom stereocenters. The number of aromatic nitrogens is 1. The van der Waals surface area contributed by atoms with Gasteiger partial charge in [0, 0.05) is 13.6 Å². The summed E-state index contributed by atoms with van der Waals surface area (Å²) in [5.41, 5.74) is 4.98. The van der Waals surface area contributed by atoms with Crippen LogP contribution >= 0.6 is 0 Å². The minimum Gasteiger partial charge on any atom is -0.408 e. The minimum absolute atomic E-state index is 0.344. The highest BCUT2D eigenvalue weighted by molar-refractivity contribution is 5.73. The molecule has 2 aromatic rings. The zero-order chi connectivity index (χ0) is 11.5. The molecule has 0 aliphatic heterocycles. The normalized spacial score (nSPS) is 11.1. The summed E-state index contributed by atoms with van der Waals surface area (Å²) in [5, 5.41) is 3.09. The minimum atomic E-state index is -0.344. The predicted octanol–water partition coefficient (Wildman–Crippen LogP) is -0.358. The lowest BCUT2D eigenvalue weighted by Crippen LogP contribution is -2.33. The quantitative estimate of drug-likeness (QED) is 0.285. The van der Waals surface area contributed by atoms with Gasteiger partial charge < -0.3 is 4.42 Å². The van der Waals surface area contributed by atoms with Crippen LogP contribution in [-0.2, 0) is 13.6 Å². The maximum atomic E-state index is 11.3. The van der Waals surface area contributed by atoms with Crippen LogP contribution in [0.3, 0.4) is 0 Å². The largest absolute Gasteiger partial charge is 0.419 e. The molecule has 1 aromatic heterocycles. The Morgan fingerprint density at radius 2 is 2.31 bits per heavy atom. The first kappa shape index (κ1) is 10.9. The monoisotopic (exact) mass is 222 g/mol. The van der Waals surface area contributed by atoms with Crippen LogP contribution in [0.15, 0.2) is 27.4 Å². The fourth-order valence-corrected chi connectivity index (χ4v) is 1.56. The van der Waals surface area contributed by atoms with Crippen molar-refractivity contribution in [2.75, 3.05) is 6.67 Å². The average Bonchev–Trinajstić information content (AvgIpc) is 2.56. The Bertz CT molecular complexity index is 543. The molecule has 0 aliphatic carbocycles. The topological polar surface area (TPSA) is 85.2 Å². The first-order chi connectivity index (χ1) is 7.72. The molecule has 4 N–H and O–H groups in total. The molecule has 1 heterocycles. The van der Waals surface area contributed by atoms with Gasteiger partial charge in [0.2, 0.25) is 0 Å². The van der Waals surface area contributed by atoms with E-state index in [1.807, 2.05) is 12.1 Å². The lowest BCUT2D eigenvalue weighted by molar-refractivity contribution is 0.528. The zero-order valence-electron chi connectivity index (χ0n) is 8.99. The number of fused-ring (bicyclic) bond motifs is 1. The number of hydrogen-bond acceptors (Lipinski definition) is 5. The van der Waals surface area contributed by atoms with E-state index in [-0.39, 0.29) is 5.76 Å². The Balaban J connectivity index is 2.28. The summed E-state index contributed by atoms with van der Waals surface area (Å²) in [4.78, 5) is 11.3. The van der Waals surface area contributed by atoms with Gasteiger partial charge in [-0.2, -0.15) is 0 Å². The van der Waals surface area contributed by atoms with E-state index < -0.39 is 0 Å². The molecule has 0 fully saturated rings. The van der Waals surface area contributed by atoms with Gasteiger partial charge in [0.15, 0.2) is 5.58 Å². The molecule has 6 nitrogen and oxygen atoms in total. The van der Waals surface area contributed by atoms with Gasteiger partial charge >= 0.3 is 5.76 Å². The third-order valence-electron chi connectivity index (χ3n) is 2.41. The molecule has 0 bridgehead atoms. The van der Waals surface area contributed by atoms with Gasteiger partial charge in [-0.05, 0) is 17.7 Å². The van der Waals surface area contributed by atoms with Gasteiger partial charge in [-0.1, -0.05) is 6.07 Å². The lowest BCUT2D eigenvalue weighted by Gasteiger charge is -2.03. The molecule has 0 saturated heterocycles. The van der Waals surface area contributed by atoms with Crippen molar-refractivity contribution in [2.24, 2.45) is 12.9 Å². The highest BCUT2D eigenvalue weighted by Gasteiger charge is 2.05. The molecule has 0 aliphatic rings. The van der Waals surface area contributed by atoms with Crippen molar-refractivity contribution < 1.29 is 4.42 Å². The lowest BCUT2D eigenvalue weighted by atomic mass is 10.2. The zero-order valence-corrected chi connectivity index (χ0v) is 8.99. The van der Waals surface area contributed by atoms with Gasteiger partial charge in [0.05, 0.1) is 12.2 Å². The van der Waals surface area contributed by atoms with E-state index in [4.69, 9.17) is 10.3 Å². The van der Waals surface area contributed by atoms with Crippen LogP contribution < -0.4 is 22.3 Å². The first-order valence-corrected chi connectivity index (χ1v) is 4.95. The Labute approximate surface area is 92.0 Å². The van der Waals surface area contributed by atoms with Crippen molar-refractivity contribution in [3.8, 4) is 0 Å². The molecule has 0 amide bonds. The smallest absolute Gasteiger partial charge is 0.408 e. The van der Waals surface area contributed by atoms with Crippen LogP contribution in [0.25, 0.3) is 11.1 Å². The van der Waals surface area contributed by atoms with Crippen LogP contribution in [0.2, 0.25) is 0 Å². The molecule has 1 aromatic carbocycles. The second kappa shape index (κ2) is 4.48. The number of hydrogen-bond donors (Lipinski definition) is 3. The molecule has 86 valence electrons. The summed E-state index contributed by atoms with van der Waals surface area (Å²) in [6.45, 7) is 1.21. The maximum absolute atomic E-state index is 11.3. The average molecular weight is 222 g/mol. The Hall–Kier alpha value is -1.63. The molecule has 0 unspecified atom stereocenters. The van der Waals surface area contributed by atoms with Crippen LogP contribution in [0.4, 0.5) is 0 Å². The molecule has 2 rings (SSSR count). The van der Waals surface area contributed by atoms with Crippen LogP contribution in [0.1, 0.15) is 5.56 Å². The molecule has 16 heavy (non-hydrogen) atoms. The summed E-state index contributed by atoms with van der Waals surface area (Å²) in [5.74, 6) is 4.79. The summed E-state index contributed by atoms with van der Waals surface area (Å²) < 4.78 is 6.52. The van der Waals surface area contributed by atoms with Gasteiger partial charge in [0.25, 0.3) is 0 Å². The number of benzene rings is 1. The van der Waals surface area contributed by atoms with Crippen molar-refractivity contribution >= 4 is 11.1 Å². The maximum Gasteiger partial charge on any atom is 0.419 e. The number of nitrogens with zero attached hydrogens (tertiary/aromatic N) is 1. The summed E-state index contributed by atoms with van der Waals surface area (Å²) in [6, 6.07) is 5.63. The molecule has 0 radical (unpaired) electrons. The van der Waals surface area contributed by atoms with E-state index in [2.05, 4.69) is 10.7 Å². The SMILES string of the molecule is Cn1c(=O)oc2ccc(CNCNN)cc21. The third kappa shape index (κ3) is 1.99. The fourth-order valence-electron chi connectivity index (χ4n) is 1.56. The van der Waals surface area contributed by atoms with Crippen molar-refractivity contribution in [1.82, 2.24) is 15.3 Å². The van der Waals surface area contributed by atoms with Crippen molar-refractivity contribution in [3.63, 3.8) is 0 Å². The van der Waals surface area contributed by atoms with Crippen LogP contribution in [0, 0.1) is 0 Å². The van der Waals surface area contributed by atoms with E-state index in [1.165, 1.54) is 4.57 Å². The predicted molar refractivity (Wildman–Crippen MR) is 60.5 cm³/mol.